The van der Waals surface area contributed by atoms with Crippen LogP contribution in [0, 0.1) is 23.2 Å². The number of rotatable bonds is 1. The number of hydrogen-bond donors (Lipinski definition) is 0. The minimum atomic E-state index is 0.524. The summed E-state index contributed by atoms with van der Waals surface area (Å²) in [6.45, 7) is 11.9. The Morgan fingerprint density at radius 1 is 1.07 bits per heavy atom. The molecule has 4 fully saturated rings. The van der Waals surface area contributed by atoms with E-state index >= 15 is 0 Å². The zero-order valence-corrected chi connectivity index (χ0v) is 10.2. The molecule has 4 aliphatic rings. The Hall–Kier alpha value is -0.0800. The Morgan fingerprint density at radius 3 is 2.07 bits per heavy atom. The molecule has 0 aromatic heterocycles. The maximum Gasteiger partial charge on any atom is 0.0645 e. The van der Waals surface area contributed by atoms with Crippen LogP contribution in [-0.4, -0.2) is 37.2 Å². The third kappa shape index (κ3) is 1.53. The van der Waals surface area contributed by atoms with Gasteiger partial charge in [0, 0.05) is 13.1 Å². The van der Waals surface area contributed by atoms with E-state index in [1.165, 1.54) is 19.5 Å². The van der Waals surface area contributed by atoms with Gasteiger partial charge in [-0.2, -0.15) is 0 Å². The molecule has 0 spiro atoms. The molecule has 86 valence electrons. The van der Waals surface area contributed by atoms with E-state index < -0.39 is 0 Å². The molecule has 0 N–H and O–H groups in total. The maximum absolute atomic E-state index is 5.29. The van der Waals surface area contributed by atoms with E-state index in [9.17, 15) is 0 Å². The van der Waals surface area contributed by atoms with Gasteiger partial charge in [-0.3, -0.25) is 4.90 Å². The molecule has 2 atom stereocenters. The van der Waals surface area contributed by atoms with Gasteiger partial charge in [0.05, 0.1) is 19.3 Å². The van der Waals surface area contributed by atoms with Gasteiger partial charge in [0.25, 0.3) is 0 Å². The second kappa shape index (κ2) is 3.21. The van der Waals surface area contributed by atoms with Gasteiger partial charge < -0.3 is 4.74 Å². The van der Waals surface area contributed by atoms with Crippen molar-refractivity contribution in [3.63, 3.8) is 0 Å². The van der Waals surface area contributed by atoms with E-state index in [-0.39, 0.29) is 0 Å². The number of piperidine rings is 2. The fourth-order valence-corrected chi connectivity index (χ4v) is 4.07. The highest BCUT2D eigenvalue weighted by Crippen LogP contribution is 2.54. The lowest BCUT2D eigenvalue weighted by Gasteiger charge is -2.60. The van der Waals surface area contributed by atoms with Gasteiger partial charge in [0.15, 0.2) is 0 Å². The molecule has 2 bridgehead atoms. The molecule has 1 aliphatic carbocycles. The van der Waals surface area contributed by atoms with E-state index in [1.54, 1.807) is 0 Å². The van der Waals surface area contributed by atoms with Crippen LogP contribution in [0.25, 0.3) is 0 Å². The van der Waals surface area contributed by atoms with Gasteiger partial charge in [-0.15, -0.1) is 0 Å². The van der Waals surface area contributed by atoms with Gasteiger partial charge in [-0.25, -0.2) is 0 Å². The Morgan fingerprint density at radius 2 is 1.67 bits per heavy atom. The van der Waals surface area contributed by atoms with Gasteiger partial charge in [0.1, 0.15) is 0 Å². The van der Waals surface area contributed by atoms with Crippen LogP contribution in [0.1, 0.15) is 27.2 Å². The molecule has 3 heterocycles. The zero-order valence-electron chi connectivity index (χ0n) is 10.2. The lowest BCUT2D eigenvalue weighted by Crippen LogP contribution is -2.63. The lowest BCUT2D eigenvalue weighted by atomic mass is 9.53. The van der Waals surface area contributed by atoms with E-state index in [1.807, 2.05) is 0 Å². The molecule has 15 heavy (non-hydrogen) atoms. The van der Waals surface area contributed by atoms with Crippen molar-refractivity contribution in [3.05, 3.63) is 0 Å². The van der Waals surface area contributed by atoms with E-state index in [2.05, 4.69) is 25.7 Å². The van der Waals surface area contributed by atoms with Gasteiger partial charge >= 0.3 is 0 Å². The SMILES string of the molecule is CC(C)(C)C1C2CC1CN(C1COC1)C2. The zero-order chi connectivity index (χ0) is 10.6. The molecule has 1 saturated carbocycles. The number of hydrogen-bond acceptors (Lipinski definition) is 2. The summed E-state index contributed by atoms with van der Waals surface area (Å²) >= 11 is 0. The van der Waals surface area contributed by atoms with Crippen LogP contribution in [0.5, 0.6) is 0 Å². The summed E-state index contributed by atoms with van der Waals surface area (Å²) in [5.41, 5.74) is 0.524. The Bertz CT molecular complexity index is 242. The molecule has 0 aromatic rings. The second-order valence-electron chi connectivity index (χ2n) is 6.79. The molecule has 2 heteroatoms. The van der Waals surface area contributed by atoms with Crippen molar-refractivity contribution in [1.82, 2.24) is 4.90 Å². The number of ether oxygens (including phenoxy) is 1. The smallest absolute Gasteiger partial charge is 0.0645 e. The lowest BCUT2D eigenvalue weighted by molar-refractivity contribution is -0.150. The van der Waals surface area contributed by atoms with E-state index in [0.29, 0.717) is 5.41 Å². The standard InChI is InChI=1S/C13H23NO/c1-13(2,3)12-9-4-10(12)6-14(5-9)11-7-15-8-11/h9-12H,4-8H2,1-3H3. The van der Waals surface area contributed by atoms with Crippen molar-refractivity contribution < 1.29 is 4.74 Å². The second-order valence-corrected chi connectivity index (χ2v) is 6.79. The summed E-state index contributed by atoms with van der Waals surface area (Å²) in [6, 6.07) is 0.760. The third-order valence-corrected chi connectivity index (χ3v) is 4.70. The van der Waals surface area contributed by atoms with Crippen molar-refractivity contribution in [2.24, 2.45) is 23.2 Å². The van der Waals surface area contributed by atoms with Crippen molar-refractivity contribution in [2.45, 2.75) is 33.2 Å². The number of fused-ring (bicyclic) bond motifs is 2. The highest BCUT2D eigenvalue weighted by atomic mass is 16.5. The van der Waals surface area contributed by atoms with Crippen molar-refractivity contribution >= 4 is 0 Å². The van der Waals surface area contributed by atoms with Crippen LogP contribution in [-0.2, 0) is 4.74 Å². The quantitative estimate of drug-likeness (QED) is 0.655. The fraction of sp³-hybridized carbons (Fsp3) is 1.00. The fourth-order valence-electron chi connectivity index (χ4n) is 4.07. The molecule has 3 aliphatic heterocycles. The highest BCUT2D eigenvalue weighted by molar-refractivity contribution is 5.03. The summed E-state index contributed by atoms with van der Waals surface area (Å²) in [7, 11) is 0. The number of nitrogens with zero attached hydrogens (tertiary/aromatic N) is 1. The van der Waals surface area contributed by atoms with Crippen LogP contribution in [0.15, 0.2) is 0 Å². The van der Waals surface area contributed by atoms with Gasteiger partial charge in [-0.05, 0) is 29.6 Å². The van der Waals surface area contributed by atoms with Gasteiger partial charge in [0.2, 0.25) is 0 Å². The first-order chi connectivity index (χ1) is 7.05. The predicted molar refractivity (Wildman–Crippen MR) is 60.7 cm³/mol. The molecule has 0 amide bonds. The molecule has 0 radical (unpaired) electrons. The summed E-state index contributed by atoms with van der Waals surface area (Å²) < 4.78 is 5.29. The normalized spacial score (nSPS) is 42.2. The minimum absolute atomic E-state index is 0.524. The molecule has 4 rings (SSSR count). The average Bonchev–Trinajstić information content (AvgIpc) is 1.96. The third-order valence-electron chi connectivity index (χ3n) is 4.70. The predicted octanol–water partition coefficient (Wildman–Crippen LogP) is 2.00. The Balaban J connectivity index is 1.64. The summed E-state index contributed by atoms with van der Waals surface area (Å²) in [5, 5.41) is 0. The molecule has 2 nitrogen and oxygen atoms in total. The summed E-state index contributed by atoms with van der Waals surface area (Å²) in [6.07, 6.45) is 1.49. The van der Waals surface area contributed by atoms with Gasteiger partial charge in [-0.1, -0.05) is 20.8 Å². The van der Waals surface area contributed by atoms with Crippen molar-refractivity contribution in [3.8, 4) is 0 Å². The first kappa shape index (κ1) is 10.1. The maximum atomic E-state index is 5.29. The summed E-state index contributed by atoms with van der Waals surface area (Å²) in [5.74, 6) is 2.93. The molecule has 2 unspecified atom stereocenters. The van der Waals surface area contributed by atoms with Crippen molar-refractivity contribution in [1.29, 1.82) is 0 Å². The Kier molecular flexibility index (Phi) is 2.16. The van der Waals surface area contributed by atoms with Crippen LogP contribution in [0.3, 0.4) is 0 Å². The molecular weight excluding hydrogens is 186 g/mol. The van der Waals surface area contributed by atoms with Crippen LogP contribution in [0.2, 0.25) is 0 Å². The molecule has 3 saturated heterocycles. The average molecular weight is 209 g/mol. The monoisotopic (exact) mass is 209 g/mol. The topological polar surface area (TPSA) is 12.5 Å². The van der Waals surface area contributed by atoms with Crippen LogP contribution in [0.4, 0.5) is 0 Å². The molecular formula is C13H23NO. The van der Waals surface area contributed by atoms with E-state index in [0.717, 1.165) is 37.0 Å². The first-order valence-corrected chi connectivity index (χ1v) is 6.37. The first-order valence-electron chi connectivity index (χ1n) is 6.37. The summed E-state index contributed by atoms with van der Waals surface area (Å²) in [4.78, 5) is 2.69. The van der Waals surface area contributed by atoms with Crippen LogP contribution < -0.4 is 0 Å². The largest absolute Gasteiger partial charge is 0.378 e. The van der Waals surface area contributed by atoms with Crippen LogP contribution >= 0.6 is 0 Å². The van der Waals surface area contributed by atoms with E-state index in [4.69, 9.17) is 4.74 Å². The highest BCUT2D eigenvalue weighted by Gasteiger charge is 2.52. The minimum Gasteiger partial charge on any atom is -0.378 e. The molecule has 0 aromatic carbocycles. The Labute approximate surface area is 93.0 Å². The van der Waals surface area contributed by atoms with Crippen molar-refractivity contribution in [2.75, 3.05) is 26.3 Å².